The molecule has 2 aliphatic rings. The smallest absolute Gasteiger partial charge is 0.236 e. The summed E-state index contributed by atoms with van der Waals surface area (Å²) < 4.78 is 5.24. The Bertz CT molecular complexity index is 271. The average molecular weight is 241 g/mol. The van der Waals surface area contributed by atoms with Crippen molar-refractivity contribution in [1.29, 1.82) is 0 Å². The summed E-state index contributed by atoms with van der Waals surface area (Å²) in [4.78, 5) is 28.2. The molecule has 0 saturated carbocycles. The van der Waals surface area contributed by atoms with E-state index in [2.05, 4.69) is 4.90 Å². The van der Waals surface area contributed by atoms with E-state index in [1.165, 1.54) is 0 Å². The Morgan fingerprint density at radius 2 is 1.71 bits per heavy atom. The van der Waals surface area contributed by atoms with E-state index in [4.69, 9.17) is 4.74 Å². The number of morpholine rings is 1. The number of carbonyl (C=O) groups excluding carboxylic acids is 2. The zero-order valence-electron chi connectivity index (χ0n) is 10.0. The van der Waals surface area contributed by atoms with Crippen LogP contribution in [0.4, 0.5) is 0 Å². The molecule has 2 saturated heterocycles. The SMILES string of the molecule is O=CN1CCN(C(=O)CN2CCOCC2)CC1. The highest BCUT2D eigenvalue weighted by atomic mass is 16.5. The molecule has 0 unspecified atom stereocenters. The van der Waals surface area contributed by atoms with Crippen LogP contribution in [0.2, 0.25) is 0 Å². The summed E-state index contributed by atoms with van der Waals surface area (Å²) >= 11 is 0. The molecule has 0 aromatic rings. The Morgan fingerprint density at radius 3 is 2.29 bits per heavy atom. The normalized spacial score (nSPS) is 22.6. The maximum Gasteiger partial charge on any atom is 0.236 e. The van der Waals surface area contributed by atoms with E-state index in [-0.39, 0.29) is 5.91 Å². The third kappa shape index (κ3) is 3.41. The molecule has 0 spiro atoms. The molecule has 0 bridgehead atoms. The van der Waals surface area contributed by atoms with Crippen LogP contribution in [-0.2, 0) is 14.3 Å². The van der Waals surface area contributed by atoms with Crippen molar-refractivity contribution in [2.45, 2.75) is 0 Å². The maximum atomic E-state index is 12.0. The monoisotopic (exact) mass is 241 g/mol. The van der Waals surface area contributed by atoms with Gasteiger partial charge in [0.05, 0.1) is 19.8 Å². The van der Waals surface area contributed by atoms with Gasteiger partial charge in [-0.3, -0.25) is 14.5 Å². The highest BCUT2D eigenvalue weighted by Gasteiger charge is 2.22. The average Bonchev–Trinajstić information content (AvgIpc) is 2.40. The van der Waals surface area contributed by atoms with Crippen molar-refractivity contribution < 1.29 is 14.3 Å². The van der Waals surface area contributed by atoms with Crippen LogP contribution in [0.5, 0.6) is 0 Å². The molecule has 96 valence electrons. The van der Waals surface area contributed by atoms with E-state index in [9.17, 15) is 9.59 Å². The van der Waals surface area contributed by atoms with E-state index in [1.54, 1.807) is 4.90 Å². The lowest BCUT2D eigenvalue weighted by atomic mass is 10.3. The predicted octanol–water partition coefficient (Wildman–Crippen LogP) is -1.38. The minimum Gasteiger partial charge on any atom is -0.379 e. The second-order valence-electron chi connectivity index (χ2n) is 4.41. The summed E-state index contributed by atoms with van der Waals surface area (Å²) in [6.07, 6.45) is 0.851. The Labute approximate surface area is 101 Å². The van der Waals surface area contributed by atoms with Gasteiger partial charge in [0.2, 0.25) is 12.3 Å². The summed E-state index contributed by atoms with van der Waals surface area (Å²) in [6, 6.07) is 0. The van der Waals surface area contributed by atoms with Crippen molar-refractivity contribution in [1.82, 2.24) is 14.7 Å². The zero-order valence-corrected chi connectivity index (χ0v) is 10.0. The van der Waals surface area contributed by atoms with Gasteiger partial charge >= 0.3 is 0 Å². The van der Waals surface area contributed by atoms with Crippen LogP contribution in [-0.4, -0.2) is 86.0 Å². The van der Waals surface area contributed by atoms with Gasteiger partial charge in [-0.15, -0.1) is 0 Å². The van der Waals surface area contributed by atoms with E-state index in [0.29, 0.717) is 45.9 Å². The number of carbonyl (C=O) groups is 2. The third-order valence-electron chi connectivity index (χ3n) is 3.28. The number of hydrogen-bond donors (Lipinski definition) is 0. The lowest BCUT2D eigenvalue weighted by Crippen LogP contribution is -2.51. The number of ether oxygens (including phenoxy) is 1. The molecule has 17 heavy (non-hydrogen) atoms. The van der Waals surface area contributed by atoms with Gasteiger partial charge < -0.3 is 14.5 Å². The van der Waals surface area contributed by atoms with Crippen molar-refractivity contribution in [3.8, 4) is 0 Å². The zero-order chi connectivity index (χ0) is 12.1. The van der Waals surface area contributed by atoms with Gasteiger partial charge in [-0.05, 0) is 0 Å². The van der Waals surface area contributed by atoms with E-state index >= 15 is 0 Å². The largest absolute Gasteiger partial charge is 0.379 e. The molecule has 2 rings (SSSR count). The Balaban J connectivity index is 1.74. The van der Waals surface area contributed by atoms with Gasteiger partial charge in [0.1, 0.15) is 0 Å². The fraction of sp³-hybridized carbons (Fsp3) is 0.818. The van der Waals surface area contributed by atoms with Crippen molar-refractivity contribution in [3.63, 3.8) is 0 Å². The lowest BCUT2D eigenvalue weighted by molar-refractivity contribution is -0.137. The molecule has 0 aliphatic carbocycles. The van der Waals surface area contributed by atoms with Gasteiger partial charge in [-0.1, -0.05) is 0 Å². The van der Waals surface area contributed by atoms with Crippen LogP contribution in [0.1, 0.15) is 0 Å². The van der Waals surface area contributed by atoms with Crippen LogP contribution in [0.15, 0.2) is 0 Å². The molecule has 6 heteroatoms. The van der Waals surface area contributed by atoms with Crippen molar-refractivity contribution in [3.05, 3.63) is 0 Å². The maximum absolute atomic E-state index is 12.0. The highest BCUT2D eigenvalue weighted by Crippen LogP contribution is 2.03. The fourth-order valence-electron chi connectivity index (χ4n) is 2.13. The number of piperazine rings is 1. The number of nitrogens with zero attached hydrogens (tertiary/aromatic N) is 3. The summed E-state index contributed by atoms with van der Waals surface area (Å²) in [7, 11) is 0. The molecule has 0 aromatic carbocycles. The summed E-state index contributed by atoms with van der Waals surface area (Å²) in [5.41, 5.74) is 0. The van der Waals surface area contributed by atoms with Crippen LogP contribution < -0.4 is 0 Å². The summed E-state index contributed by atoms with van der Waals surface area (Å²) in [6.45, 7) is 6.18. The van der Waals surface area contributed by atoms with Crippen molar-refractivity contribution in [2.24, 2.45) is 0 Å². The van der Waals surface area contributed by atoms with Crippen molar-refractivity contribution >= 4 is 12.3 Å². The second-order valence-corrected chi connectivity index (χ2v) is 4.41. The van der Waals surface area contributed by atoms with E-state index in [0.717, 1.165) is 19.5 Å². The summed E-state index contributed by atoms with van der Waals surface area (Å²) in [5.74, 6) is 0.164. The lowest BCUT2D eigenvalue weighted by Gasteiger charge is -2.34. The Hall–Kier alpha value is -1.14. The molecule has 0 N–H and O–H groups in total. The van der Waals surface area contributed by atoms with E-state index in [1.807, 2.05) is 4.90 Å². The number of hydrogen-bond acceptors (Lipinski definition) is 4. The quantitative estimate of drug-likeness (QED) is 0.571. The fourth-order valence-corrected chi connectivity index (χ4v) is 2.13. The van der Waals surface area contributed by atoms with Gasteiger partial charge in [0.25, 0.3) is 0 Å². The van der Waals surface area contributed by atoms with Gasteiger partial charge in [0.15, 0.2) is 0 Å². The standard InChI is InChI=1S/C11H19N3O3/c15-10-13-1-3-14(4-2-13)11(16)9-12-5-7-17-8-6-12/h10H,1-9H2. The van der Waals surface area contributed by atoms with Gasteiger partial charge in [0, 0.05) is 39.3 Å². The Kier molecular flexibility index (Phi) is 4.33. The van der Waals surface area contributed by atoms with Crippen molar-refractivity contribution in [2.75, 3.05) is 59.0 Å². The van der Waals surface area contributed by atoms with Gasteiger partial charge in [-0.2, -0.15) is 0 Å². The molecule has 2 fully saturated rings. The predicted molar refractivity (Wildman–Crippen MR) is 61.5 cm³/mol. The topological polar surface area (TPSA) is 53.1 Å². The first-order valence-corrected chi connectivity index (χ1v) is 6.07. The highest BCUT2D eigenvalue weighted by molar-refractivity contribution is 5.78. The first-order valence-electron chi connectivity index (χ1n) is 6.07. The molecule has 2 heterocycles. The summed E-state index contributed by atoms with van der Waals surface area (Å²) in [5, 5.41) is 0. The molecule has 0 aromatic heterocycles. The minimum absolute atomic E-state index is 0.164. The molecule has 0 radical (unpaired) electrons. The minimum atomic E-state index is 0.164. The molecule has 6 nitrogen and oxygen atoms in total. The number of rotatable bonds is 3. The molecular formula is C11H19N3O3. The van der Waals surface area contributed by atoms with Crippen LogP contribution in [0, 0.1) is 0 Å². The first kappa shape index (κ1) is 12.3. The molecule has 0 atom stereocenters. The second kappa shape index (κ2) is 5.97. The Morgan fingerprint density at radius 1 is 1.06 bits per heavy atom. The van der Waals surface area contributed by atoms with Crippen LogP contribution in [0.3, 0.4) is 0 Å². The molecule has 2 amide bonds. The van der Waals surface area contributed by atoms with Crippen LogP contribution >= 0.6 is 0 Å². The first-order chi connectivity index (χ1) is 8.29. The van der Waals surface area contributed by atoms with E-state index < -0.39 is 0 Å². The van der Waals surface area contributed by atoms with Gasteiger partial charge in [-0.25, -0.2) is 0 Å². The van der Waals surface area contributed by atoms with Crippen LogP contribution in [0.25, 0.3) is 0 Å². The number of amides is 2. The molecular weight excluding hydrogens is 222 g/mol. The molecule has 2 aliphatic heterocycles. The third-order valence-corrected chi connectivity index (χ3v) is 3.28.